The summed E-state index contributed by atoms with van der Waals surface area (Å²) < 4.78 is 19.7. The van der Waals surface area contributed by atoms with Gasteiger partial charge in [-0.1, -0.05) is 23.7 Å². The van der Waals surface area contributed by atoms with Crippen LogP contribution in [-0.2, 0) is 20.8 Å². The van der Waals surface area contributed by atoms with Gasteiger partial charge >= 0.3 is 30.9 Å². The summed E-state index contributed by atoms with van der Waals surface area (Å²) in [7, 11) is -1.72. The smallest absolute Gasteiger partial charge is 0.534 e. The number of aromatic carboxylic acids is 1. The van der Waals surface area contributed by atoms with E-state index in [2.05, 4.69) is 10.6 Å². The Hall–Kier alpha value is -4.41. The topological polar surface area (TPSA) is 212 Å². The molecule has 0 aliphatic carbocycles. The molecule has 2 aliphatic heterocycles. The van der Waals surface area contributed by atoms with Crippen LogP contribution in [-0.4, -0.2) is 94.0 Å². The monoisotopic (exact) mass is 591 g/mol. The van der Waals surface area contributed by atoms with Gasteiger partial charge in [0.2, 0.25) is 5.91 Å². The molecule has 2 aromatic carbocycles. The van der Waals surface area contributed by atoms with Gasteiger partial charge < -0.3 is 41.2 Å². The van der Waals surface area contributed by atoms with Crippen LogP contribution in [0.4, 0.5) is 9.18 Å². The molecule has 2 atom stereocenters. The van der Waals surface area contributed by atoms with Gasteiger partial charge in [0.15, 0.2) is 11.6 Å². The molecule has 14 nitrogen and oxygen atoms in total. The van der Waals surface area contributed by atoms with E-state index in [1.165, 1.54) is 23.1 Å². The van der Waals surface area contributed by atoms with Crippen molar-refractivity contribution >= 4 is 48.4 Å². The summed E-state index contributed by atoms with van der Waals surface area (Å²) >= 11 is 6.16. The summed E-state index contributed by atoms with van der Waals surface area (Å²) in [5.74, 6) is -7.72. The molecule has 0 saturated carbocycles. The second kappa shape index (κ2) is 12.0. The number of imide groups is 1. The second-order valence-electron chi connectivity index (χ2n) is 9.17. The average molecular weight is 592 g/mol. The number of carbonyl (C=O) groups is 5. The van der Waals surface area contributed by atoms with Crippen molar-refractivity contribution in [2.45, 2.75) is 18.4 Å². The molecule has 216 valence electrons. The maximum atomic E-state index is 14.3. The largest absolute Gasteiger partial charge is 0.547 e. The number of carboxylic acids is 1. The van der Waals surface area contributed by atoms with Crippen molar-refractivity contribution in [2.24, 2.45) is 5.73 Å². The standard InChI is InChI=1S/C24H24BClFN5O9/c26-14-10-16(33)15(27)9-13(14)18(30-24(39)32-7-6-31(5-4-28)21(35)22(32)36)20(34)29-17-8-11-2-1-3-12(23(37)38)19(11)41-25(17)40/h1-3,9-10,17-18,33,40H,4-8,28H2,(H,29,34)(H,30,39)(H,37,38)/t17-,18?/m0/s1. The Kier molecular flexibility index (Phi) is 8.65. The van der Waals surface area contributed by atoms with Crippen LogP contribution in [0.3, 0.4) is 0 Å². The Labute approximate surface area is 236 Å². The highest BCUT2D eigenvalue weighted by Gasteiger charge is 2.41. The van der Waals surface area contributed by atoms with Crippen molar-refractivity contribution in [1.82, 2.24) is 20.4 Å². The van der Waals surface area contributed by atoms with Gasteiger partial charge in [-0.3, -0.25) is 19.3 Å². The summed E-state index contributed by atoms with van der Waals surface area (Å²) in [5.41, 5.74) is 5.28. The number of nitrogens with zero attached hydrogens (tertiary/aromatic N) is 2. The van der Waals surface area contributed by atoms with Crippen molar-refractivity contribution < 1.29 is 48.3 Å². The number of carbonyl (C=O) groups excluding carboxylic acids is 4. The van der Waals surface area contributed by atoms with Gasteiger partial charge in [0.25, 0.3) is 0 Å². The molecule has 1 saturated heterocycles. The number of rotatable bonds is 7. The number of benzene rings is 2. The Bertz CT molecular complexity index is 1430. The SMILES string of the molecule is NCCN1CCN(C(=O)NC(C(=O)N[C@H]2Cc3cccc(C(=O)O)c3OB2O)c2cc(F)c(O)cc2Cl)C(=O)C1=O. The molecule has 0 radical (unpaired) electrons. The molecular weight excluding hydrogens is 568 g/mol. The molecule has 17 heteroatoms. The zero-order valence-electron chi connectivity index (χ0n) is 21.2. The fraction of sp³-hybridized carbons (Fsp3) is 0.292. The van der Waals surface area contributed by atoms with Crippen LogP contribution >= 0.6 is 11.6 Å². The number of phenols is 1. The lowest BCUT2D eigenvalue weighted by atomic mass is 9.72. The molecular formula is C24H24BClFN5O9. The number of nitrogens with two attached hydrogens (primary N) is 1. The molecule has 2 aromatic rings. The molecule has 5 amide bonds. The van der Waals surface area contributed by atoms with E-state index in [0.717, 1.165) is 6.07 Å². The lowest BCUT2D eigenvalue weighted by Crippen LogP contribution is -2.60. The van der Waals surface area contributed by atoms with E-state index in [9.17, 15) is 43.6 Å². The maximum absolute atomic E-state index is 14.3. The summed E-state index contributed by atoms with van der Waals surface area (Å²) in [6, 6.07) is 2.83. The number of para-hydroxylation sites is 1. The third kappa shape index (κ3) is 6.03. The van der Waals surface area contributed by atoms with Gasteiger partial charge in [0.05, 0.1) is 16.5 Å². The summed E-state index contributed by atoms with van der Waals surface area (Å²) in [4.78, 5) is 64.8. The Morgan fingerprint density at radius 3 is 2.63 bits per heavy atom. The molecule has 4 rings (SSSR count). The van der Waals surface area contributed by atoms with Crippen LogP contribution in [0.2, 0.25) is 5.02 Å². The Morgan fingerprint density at radius 1 is 1.22 bits per heavy atom. The van der Waals surface area contributed by atoms with E-state index in [-0.39, 0.29) is 54.5 Å². The van der Waals surface area contributed by atoms with Gasteiger partial charge in [-0.05, 0) is 24.1 Å². The third-order valence-corrected chi connectivity index (χ3v) is 6.86. The Balaban J connectivity index is 1.60. The third-order valence-electron chi connectivity index (χ3n) is 6.54. The fourth-order valence-corrected chi connectivity index (χ4v) is 4.75. The molecule has 7 N–H and O–H groups in total. The molecule has 2 aliphatic rings. The van der Waals surface area contributed by atoms with E-state index in [1.807, 2.05) is 0 Å². The molecule has 0 spiro atoms. The predicted octanol–water partition coefficient (Wildman–Crippen LogP) is -0.597. The minimum atomic E-state index is -1.78. The van der Waals surface area contributed by atoms with E-state index < -0.39 is 60.4 Å². The summed E-state index contributed by atoms with van der Waals surface area (Å²) in [6.45, 7) is -0.0438. The lowest BCUT2D eigenvalue weighted by Gasteiger charge is -2.34. The maximum Gasteiger partial charge on any atom is 0.547 e. The zero-order chi connectivity index (χ0) is 30.0. The first-order chi connectivity index (χ1) is 19.4. The average Bonchev–Trinajstić information content (AvgIpc) is 2.92. The van der Waals surface area contributed by atoms with Gasteiger partial charge in [-0.25, -0.2) is 14.0 Å². The van der Waals surface area contributed by atoms with Crippen molar-refractivity contribution in [3.63, 3.8) is 0 Å². The number of phenolic OH excluding ortho intramolecular Hbond substituents is 1. The number of piperazine rings is 1. The van der Waals surface area contributed by atoms with Crippen molar-refractivity contribution in [1.29, 1.82) is 0 Å². The first-order valence-corrected chi connectivity index (χ1v) is 12.6. The van der Waals surface area contributed by atoms with Crippen LogP contribution in [0.5, 0.6) is 11.5 Å². The van der Waals surface area contributed by atoms with Crippen molar-refractivity contribution in [3.8, 4) is 11.5 Å². The summed E-state index contributed by atoms with van der Waals surface area (Å²) in [5, 5.41) is 34.0. The van der Waals surface area contributed by atoms with Crippen LogP contribution in [0.25, 0.3) is 0 Å². The second-order valence-corrected chi connectivity index (χ2v) is 9.58. The van der Waals surface area contributed by atoms with Gasteiger partial charge in [-0.15, -0.1) is 0 Å². The number of hydrogen-bond donors (Lipinski definition) is 6. The predicted molar refractivity (Wildman–Crippen MR) is 139 cm³/mol. The number of halogens is 2. The van der Waals surface area contributed by atoms with E-state index in [1.54, 1.807) is 0 Å². The normalized spacial score (nSPS) is 17.5. The van der Waals surface area contributed by atoms with Gasteiger partial charge in [-0.2, -0.15) is 0 Å². The minimum Gasteiger partial charge on any atom is -0.534 e. The van der Waals surface area contributed by atoms with Crippen LogP contribution in [0.1, 0.15) is 27.5 Å². The van der Waals surface area contributed by atoms with Crippen molar-refractivity contribution in [3.05, 3.63) is 57.9 Å². The number of hydrogen-bond acceptors (Lipinski definition) is 9. The van der Waals surface area contributed by atoms with Crippen LogP contribution in [0.15, 0.2) is 30.3 Å². The molecule has 1 fully saturated rings. The molecule has 2 heterocycles. The fourth-order valence-electron chi connectivity index (χ4n) is 4.48. The first kappa shape index (κ1) is 29.6. The lowest BCUT2D eigenvalue weighted by molar-refractivity contribution is -0.153. The van der Waals surface area contributed by atoms with Crippen molar-refractivity contribution in [2.75, 3.05) is 26.2 Å². The van der Waals surface area contributed by atoms with Crippen LogP contribution in [0, 0.1) is 5.82 Å². The zero-order valence-corrected chi connectivity index (χ0v) is 21.9. The first-order valence-electron chi connectivity index (χ1n) is 12.2. The molecule has 1 unspecified atom stereocenters. The van der Waals surface area contributed by atoms with Gasteiger partial charge in [0.1, 0.15) is 11.8 Å². The Morgan fingerprint density at radius 2 is 1.95 bits per heavy atom. The van der Waals surface area contributed by atoms with E-state index >= 15 is 0 Å². The minimum absolute atomic E-state index is 0.00993. The number of carboxylic acid groups (broad SMARTS) is 1. The van der Waals surface area contributed by atoms with E-state index in [4.69, 9.17) is 22.0 Å². The number of amides is 5. The van der Waals surface area contributed by atoms with Gasteiger partial charge in [0, 0.05) is 37.8 Å². The number of nitrogens with one attached hydrogen (secondary N) is 2. The van der Waals surface area contributed by atoms with Crippen LogP contribution < -0.4 is 21.0 Å². The quantitative estimate of drug-likeness (QED) is 0.178. The number of urea groups is 1. The number of aromatic hydroxyl groups is 1. The molecule has 0 aromatic heterocycles. The highest BCUT2D eigenvalue weighted by Crippen LogP contribution is 2.32. The summed E-state index contributed by atoms with van der Waals surface area (Å²) in [6.07, 6.45) is -0.0855. The highest BCUT2D eigenvalue weighted by atomic mass is 35.5. The molecule has 0 bridgehead atoms. The number of fused-ring (bicyclic) bond motifs is 1. The highest BCUT2D eigenvalue weighted by molar-refractivity contribution is 6.47. The molecule has 41 heavy (non-hydrogen) atoms. The van der Waals surface area contributed by atoms with E-state index in [0.29, 0.717) is 16.5 Å².